The van der Waals surface area contributed by atoms with Crippen LogP contribution in [0.1, 0.15) is 19.3 Å². The summed E-state index contributed by atoms with van der Waals surface area (Å²) in [5.41, 5.74) is 0. The van der Waals surface area contributed by atoms with Gasteiger partial charge >= 0.3 is 5.97 Å². The third-order valence-electron chi connectivity index (χ3n) is 3.08. The van der Waals surface area contributed by atoms with E-state index in [1.54, 1.807) is 12.3 Å². The number of amides is 2. The maximum absolute atomic E-state index is 11.9. The molecule has 0 aliphatic carbocycles. The Hall–Kier alpha value is -1.59. The summed E-state index contributed by atoms with van der Waals surface area (Å²) in [5, 5.41) is 1.20. The van der Waals surface area contributed by atoms with Crippen LogP contribution in [0.4, 0.5) is 0 Å². The van der Waals surface area contributed by atoms with Gasteiger partial charge in [0.05, 0.1) is 17.9 Å². The third kappa shape index (κ3) is 6.67. The summed E-state index contributed by atoms with van der Waals surface area (Å²) in [4.78, 5) is 43.0. The fraction of sp³-hybridized carbons (Fsp3) is 0.429. The quantitative estimate of drug-likeness (QED) is 0.341. The number of rotatable bonds is 9. The maximum atomic E-state index is 11.9. The molecule has 0 radical (unpaired) electrons. The molecule has 0 aromatic carbocycles. The van der Waals surface area contributed by atoms with E-state index in [-0.39, 0.29) is 18.6 Å². The van der Waals surface area contributed by atoms with Gasteiger partial charge < -0.3 is 4.84 Å². The Morgan fingerprint density at radius 2 is 1.92 bits per heavy atom. The lowest BCUT2D eigenvalue weighted by molar-refractivity contribution is -0.197. The zero-order valence-electron chi connectivity index (χ0n) is 13.1. The van der Waals surface area contributed by atoms with Gasteiger partial charge in [-0.2, -0.15) is 0 Å². The third-order valence-corrected chi connectivity index (χ3v) is 7.25. The minimum Gasteiger partial charge on any atom is -0.330 e. The van der Waals surface area contributed by atoms with Gasteiger partial charge in [0.2, 0.25) is 0 Å². The van der Waals surface area contributed by atoms with E-state index in [4.69, 9.17) is 0 Å². The van der Waals surface area contributed by atoms with E-state index in [0.717, 1.165) is 5.03 Å². The molecule has 0 spiro atoms. The van der Waals surface area contributed by atoms with Gasteiger partial charge in [0.25, 0.3) is 11.8 Å². The summed E-state index contributed by atoms with van der Waals surface area (Å²) in [7, 11) is -0.705. The molecule has 1 saturated heterocycles. The fourth-order valence-corrected chi connectivity index (χ4v) is 5.74. The lowest BCUT2D eigenvalue weighted by Gasteiger charge is -2.12. The first-order chi connectivity index (χ1) is 11.9. The molecule has 136 valence electrons. The van der Waals surface area contributed by atoms with Crippen molar-refractivity contribution in [2.45, 2.75) is 24.3 Å². The monoisotopic (exact) mass is 404 g/mol. The molecule has 25 heavy (non-hydrogen) atoms. The van der Waals surface area contributed by atoms with E-state index in [9.17, 15) is 22.8 Å². The molecule has 1 aliphatic heterocycles. The zero-order valence-corrected chi connectivity index (χ0v) is 15.6. The van der Waals surface area contributed by atoms with Gasteiger partial charge in [-0.05, 0) is 22.9 Å². The highest BCUT2D eigenvalue weighted by Crippen LogP contribution is 2.28. The van der Waals surface area contributed by atoms with E-state index in [1.807, 2.05) is 12.1 Å². The number of hydrogen-bond acceptors (Lipinski definition) is 9. The Morgan fingerprint density at radius 3 is 2.56 bits per heavy atom. The normalized spacial score (nSPS) is 14.8. The Kier molecular flexibility index (Phi) is 7.26. The van der Waals surface area contributed by atoms with Gasteiger partial charge in [-0.3, -0.25) is 9.59 Å². The van der Waals surface area contributed by atoms with Gasteiger partial charge in [0.1, 0.15) is 5.03 Å². The number of pyridine rings is 1. The van der Waals surface area contributed by atoms with Crippen molar-refractivity contribution in [2.24, 2.45) is 0 Å². The lowest BCUT2D eigenvalue weighted by Crippen LogP contribution is -2.32. The van der Waals surface area contributed by atoms with Crippen LogP contribution in [0.25, 0.3) is 0 Å². The van der Waals surface area contributed by atoms with E-state index in [1.165, 1.54) is 21.6 Å². The molecule has 2 amide bonds. The van der Waals surface area contributed by atoms with Gasteiger partial charge in [0, 0.05) is 24.8 Å². The highest BCUT2D eigenvalue weighted by Gasteiger charge is 2.33. The smallest absolute Gasteiger partial charge is 0.330 e. The van der Waals surface area contributed by atoms with Crippen LogP contribution in [-0.2, 0) is 29.1 Å². The second-order valence-corrected chi connectivity index (χ2v) is 9.76. The first-order valence-corrected chi connectivity index (χ1v) is 11.5. The van der Waals surface area contributed by atoms with Gasteiger partial charge in [0.15, 0.2) is 9.84 Å². The number of carbonyl (C=O) groups is 3. The first kappa shape index (κ1) is 19.7. The van der Waals surface area contributed by atoms with Crippen LogP contribution in [0.2, 0.25) is 0 Å². The number of aromatic nitrogens is 1. The van der Waals surface area contributed by atoms with Crippen LogP contribution in [0, 0.1) is 0 Å². The summed E-state index contributed by atoms with van der Waals surface area (Å²) < 4.78 is 23.8. The molecule has 1 aromatic rings. The number of nitrogens with zero attached hydrogens (tertiary/aromatic N) is 2. The predicted molar refractivity (Wildman–Crippen MR) is 93.0 cm³/mol. The van der Waals surface area contributed by atoms with E-state index < -0.39 is 39.8 Å². The van der Waals surface area contributed by atoms with E-state index in [2.05, 4.69) is 9.82 Å². The standard InChI is InChI=1S/C14H16N2O6S3/c17-12-4-5-13(18)16(12)22-14(19)6-9-25(20,21)10-8-23-24-11-3-1-2-7-15-11/h1-3,7H,4-6,8-10H2. The number of carbonyl (C=O) groups excluding carboxylic acids is 3. The minimum absolute atomic E-state index is 0.00439. The van der Waals surface area contributed by atoms with Crippen molar-refractivity contribution in [3.05, 3.63) is 24.4 Å². The van der Waals surface area contributed by atoms with Crippen LogP contribution >= 0.6 is 21.6 Å². The molecule has 0 atom stereocenters. The summed E-state index contributed by atoms with van der Waals surface area (Å²) >= 11 is 0. The van der Waals surface area contributed by atoms with E-state index in [0.29, 0.717) is 10.8 Å². The second kappa shape index (κ2) is 9.20. The molecule has 2 rings (SSSR count). The maximum Gasteiger partial charge on any atom is 0.334 e. The molecule has 11 heteroatoms. The summed E-state index contributed by atoms with van der Waals surface area (Å²) in [6.45, 7) is 0. The Labute approximate surface area is 153 Å². The van der Waals surface area contributed by atoms with E-state index >= 15 is 0 Å². The van der Waals surface area contributed by atoms with Crippen LogP contribution in [0.5, 0.6) is 0 Å². The SMILES string of the molecule is O=C(CCS(=O)(=O)CCSSc1ccccn1)ON1C(=O)CCC1=O. The largest absolute Gasteiger partial charge is 0.334 e. The topological polar surface area (TPSA) is 111 Å². The Morgan fingerprint density at radius 1 is 1.20 bits per heavy atom. The highest BCUT2D eigenvalue weighted by atomic mass is 33.1. The van der Waals surface area contributed by atoms with Crippen molar-refractivity contribution >= 4 is 49.2 Å². The average molecular weight is 404 g/mol. The fourth-order valence-electron chi connectivity index (χ4n) is 1.81. The van der Waals surface area contributed by atoms with Crippen molar-refractivity contribution in [2.75, 3.05) is 17.3 Å². The molecule has 0 saturated carbocycles. The van der Waals surface area contributed by atoms with Crippen LogP contribution in [0.15, 0.2) is 29.4 Å². The number of hydroxylamine groups is 2. The molecule has 8 nitrogen and oxygen atoms in total. The zero-order chi connectivity index (χ0) is 18.3. The number of hydrogen-bond donors (Lipinski definition) is 0. The molecule has 0 N–H and O–H groups in total. The second-order valence-electron chi connectivity index (χ2n) is 5.02. The molecular formula is C14H16N2O6S3. The summed E-state index contributed by atoms with van der Waals surface area (Å²) in [6.07, 6.45) is 1.24. The van der Waals surface area contributed by atoms with Crippen molar-refractivity contribution in [3.63, 3.8) is 0 Å². The van der Waals surface area contributed by atoms with Crippen LogP contribution in [0.3, 0.4) is 0 Å². The van der Waals surface area contributed by atoms with Crippen molar-refractivity contribution in [1.29, 1.82) is 0 Å². The van der Waals surface area contributed by atoms with Crippen LogP contribution < -0.4 is 0 Å². The van der Waals surface area contributed by atoms with Gasteiger partial charge in [-0.25, -0.2) is 18.2 Å². The van der Waals surface area contributed by atoms with Crippen molar-refractivity contribution in [1.82, 2.24) is 10.0 Å². The molecular weight excluding hydrogens is 388 g/mol. The van der Waals surface area contributed by atoms with Crippen molar-refractivity contribution < 1.29 is 27.6 Å². The summed E-state index contributed by atoms with van der Waals surface area (Å²) in [6, 6.07) is 5.46. The lowest BCUT2D eigenvalue weighted by atomic mass is 10.4. The molecule has 0 bridgehead atoms. The summed E-state index contributed by atoms with van der Waals surface area (Å²) in [5.74, 6) is -2.23. The molecule has 0 unspecified atom stereocenters. The van der Waals surface area contributed by atoms with Crippen LogP contribution in [-0.4, -0.2) is 53.5 Å². The average Bonchev–Trinajstić information content (AvgIpc) is 2.90. The molecule has 1 aromatic heterocycles. The minimum atomic E-state index is -3.44. The first-order valence-electron chi connectivity index (χ1n) is 7.35. The Balaban J connectivity index is 1.67. The predicted octanol–water partition coefficient (Wildman–Crippen LogP) is 1.23. The highest BCUT2D eigenvalue weighted by molar-refractivity contribution is 8.76. The van der Waals surface area contributed by atoms with Gasteiger partial charge in [-0.1, -0.05) is 16.9 Å². The van der Waals surface area contributed by atoms with Crippen molar-refractivity contribution in [3.8, 4) is 0 Å². The molecule has 1 fully saturated rings. The number of imide groups is 1. The molecule has 2 heterocycles. The van der Waals surface area contributed by atoms with Gasteiger partial charge in [-0.15, -0.1) is 5.06 Å². The number of sulfone groups is 1. The molecule has 1 aliphatic rings. The Bertz CT molecular complexity index is 722.